The first-order valence-electron chi connectivity index (χ1n) is 10.5. The fraction of sp³-hybridized carbons (Fsp3) is 0.478. The standard InChI is InChI=1S/C23H30N2O6S/c1-7-31-23(27)19-15-8-9-25(13(2)3)12-18(15)32-22(19)24-21(26)14-10-16(28-4)20(30-6)17(11-14)29-5/h10-11,13H,7-9,12H2,1-6H3,(H,24,26). The summed E-state index contributed by atoms with van der Waals surface area (Å²) in [5.41, 5.74) is 1.74. The Morgan fingerprint density at radius 2 is 1.78 bits per heavy atom. The van der Waals surface area contributed by atoms with Crippen LogP contribution in [0.5, 0.6) is 17.2 Å². The van der Waals surface area contributed by atoms with Gasteiger partial charge in [0.1, 0.15) is 5.00 Å². The van der Waals surface area contributed by atoms with Crippen LogP contribution in [0.1, 0.15) is 51.9 Å². The quantitative estimate of drug-likeness (QED) is 0.594. The van der Waals surface area contributed by atoms with Crippen LogP contribution < -0.4 is 19.5 Å². The number of fused-ring (bicyclic) bond motifs is 1. The number of anilines is 1. The van der Waals surface area contributed by atoms with Gasteiger partial charge in [0.2, 0.25) is 5.75 Å². The lowest BCUT2D eigenvalue weighted by Crippen LogP contribution is -2.35. The SMILES string of the molecule is CCOC(=O)c1c(NC(=O)c2cc(OC)c(OC)c(OC)c2)sc2c1CCN(C(C)C)C2. The van der Waals surface area contributed by atoms with E-state index in [-0.39, 0.29) is 12.5 Å². The third-order valence-corrected chi connectivity index (χ3v) is 6.58. The molecule has 2 heterocycles. The van der Waals surface area contributed by atoms with E-state index in [2.05, 4.69) is 24.1 Å². The average molecular weight is 463 g/mol. The van der Waals surface area contributed by atoms with E-state index >= 15 is 0 Å². The van der Waals surface area contributed by atoms with Crippen LogP contribution in [-0.4, -0.2) is 57.3 Å². The van der Waals surface area contributed by atoms with Gasteiger partial charge in [0.15, 0.2) is 11.5 Å². The molecule has 1 aliphatic rings. The maximum atomic E-state index is 13.1. The van der Waals surface area contributed by atoms with E-state index in [0.29, 0.717) is 39.4 Å². The van der Waals surface area contributed by atoms with Gasteiger partial charge in [-0.15, -0.1) is 11.3 Å². The maximum Gasteiger partial charge on any atom is 0.341 e. The van der Waals surface area contributed by atoms with E-state index in [1.54, 1.807) is 19.1 Å². The van der Waals surface area contributed by atoms with Crippen molar-refractivity contribution in [2.24, 2.45) is 0 Å². The summed E-state index contributed by atoms with van der Waals surface area (Å²) in [6.07, 6.45) is 0.734. The molecule has 1 N–H and O–H groups in total. The molecular weight excluding hydrogens is 432 g/mol. The molecule has 1 aliphatic heterocycles. The minimum absolute atomic E-state index is 0.266. The fourth-order valence-electron chi connectivity index (χ4n) is 3.76. The van der Waals surface area contributed by atoms with Crippen molar-refractivity contribution in [1.29, 1.82) is 0 Å². The number of esters is 1. The van der Waals surface area contributed by atoms with Gasteiger partial charge in [-0.2, -0.15) is 0 Å². The number of rotatable bonds is 8. The second-order valence-corrected chi connectivity index (χ2v) is 8.72. The van der Waals surface area contributed by atoms with Crippen molar-refractivity contribution >= 4 is 28.2 Å². The molecule has 1 aromatic carbocycles. The minimum atomic E-state index is -0.414. The van der Waals surface area contributed by atoms with Gasteiger partial charge >= 0.3 is 5.97 Å². The number of hydrogen-bond donors (Lipinski definition) is 1. The predicted molar refractivity (Wildman–Crippen MR) is 124 cm³/mol. The summed E-state index contributed by atoms with van der Waals surface area (Å²) in [4.78, 5) is 29.4. The van der Waals surface area contributed by atoms with E-state index in [9.17, 15) is 9.59 Å². The van der Waals surface area contributed by atoms with Gasteiger partial charge < -0.3 is 24.3 Å². The highest BCUT2D eigenvalue weighted by molar-refractivity contribution is 7.17. The van der Waals surface area contributed by atoms with Gasteiger partial charge in [0.25, 0.3) is 5.91 Å². The molecule has 0 radical (unpaired) electrons. The molecule has 0 aliphatic carbocycles. The van der Waals surface area contributed by atoms with Crippen LogP contribution in [0.3, 0.4) is 0 Å². The minimum Gasteiger partial charge on any atom is -0.493 e. The Morgan fingerprint density at radius 1 is 1.12 bits per heavy atom. The maximum absolute atomic E-state index is 13.1. The highest BCUT2D eigenvalue weighted by atomic mass is 32.1. The predicted octanol–water partition coefficient (Wildman–Crippen LogP) is 3.97. The van der Waals surface area contributed by atoms with Gasteiger partial charge in [0.05, 0.1) is 33.5 Å². The monoisotopic (exact) mass is 462 g/mol. The summed E-state index contributed by atoms with van der Waals surface area (Å²) in [5, 5.41) is 3.41. The van der Waals surface area contributed by atoms with Crippen molar-refractivity contribution in [2.45, 2.75) is 39.8 Å². The van der Waals surface area contributed by atoms with Crippen molar-refractivity contribution < 1.29 is 28.5 Å². The first-order valence-corrected chi connectivity index (χ1v) is 11.3. The third kappa shape index (κ3) is 4.68. The molecule has 0 saturated heterocycles. The first-order chi connectivity index (χ1) is 15.3. The van der Waals surface area contributed by atoms with E-state index in [1.165, 1.54) is 32.7 Å². The highest BCUT2D eigenvalue weighted by Gasteiger charge is 2.30. The number of benzene rings is 1. The average Bonchev–Trinajstić information content (AvgIpc) is 3.14. The number of carbonyl (C=O) groups is 2. The van der Waals surface area contributed by atoms with Crippen molar-refractivity contribution in [3.8, 4) is 17.2 Å². The molecule has 0 spiro atoms. The molecule has 0 saturated carbocycles. The summed E-state index contributed by atoms with van der Waals surface area (Å²) in [6, 6.07) is 3.55. The van der Waals surface area contributed by atoms with Gasteiger partial charge in [-0.3, -0.25) is 9.69 Å². The van der Waals surface area contributed by atoms with Crippen LogP contribution in [0.15, 0.2) is 12.1 Å². The number of ether oxygens (including phenoxy) is 4. The Morgan fingerprint density at radius 3 is 2.31 bits per heavy atom. The van der Waals surface area contributed by atoms with E-state index in [1.807, 2.05) is 0 Å². The molecule has 9 heteroatoms. The Hall–Kier alpha value is -2.78. The number of amides is 1. The van der Waals surface area contributed by atoms with E-state index in [4.69, 9.17) is 18.9 Å². The van der Waals surface area contributed by atoms with Crippen molar-refractivity contribution in [3.05, 3.63) is 33.7 Å². The van der Waals surface area contributed by atoms with Crippen molar-refractivity contribution in [2.75, 3.05) is 39.8 Å². The zero-order valence-corrected chi connectivity index (χ0v) is 20.2. The van der Waals surface area contributed by atoms with Crippen LogP contribution in [-0.2, 0) is 17.7 Å². The lowest BCUT2D eigenvalue weighted by atomic mass is 10.0. The van der Waals surface area contributed by atoms with Crippen LogP contribution in [0.4, 0.5) is 5.00 Å². The van der Waals surface area contributed by atoms with Crippen LogP contribution in [0, 0.1) is 0 Å². The Labute approximate surface area is 192 Å². The molecule has 2 aromatic rings. The lowest BCUT2D eigenvalue weighted by Gasteiger charge is -2.30. The fourth-order valence-corrected chi connectivity index (χ4v) is 5.02. The van der Waals surface area contributed by atoms with Crippen molar-refractivity contribution in [1.82, 2.24) is 4.90 Å². The summed E-state index contributed by atoms with van der Waals surface area (Å²) in [7, 11) is 4.49. The Bertz CT molecular complexity index is 976. The molecule has 3 rings (SSSR count). The molecule has 174 valence electrons. The molecular formula is C23H30N2O6S. The van der Waals surface area contributed by atoms with Crippen LogP contribution in [0.2, 0.25) is 0 Å². The zero-order valence-electron chi connectivity index (χ0n) is 19.4. The molecule has 0 fully saturated rings. The van der Waals surface area contributed by atoms with E-state index < -0.39 is 5.97 Å². The summed E-state index contributed by atoms with van der Waals surface area (Å²) in [6.45, 7) is 7.93. The number of nitrogens with zero attached hydrogens (tertiary/aromatic N) is 1. The van der Waals surface area contributed by atoms with Gasteiger partial charge in [0, 0.05) is 29.6 Å². The molecule has 1 amide bonds. The van der Waals surface area contributed by atoms with Crippen molar-refractivity contribution in [3.63, 3.8) is 0 Å². The van der Waals surface area contributed by atoms with Gasteiger partial charge in [-0.1, -0.05) is 0 Å². The van der Waals surface area contributed by atoms with E-state index in [0.717, 1.165) is 30.0 Å². The highest BCUT2D eigenvalue weighted by Crippen LogP contribution is 2.40. The molecule has 0 atom stereocenters. The van der Waals surface area contributed by atoms with Crippen LogP contribution in [0.25, 0.3) is 0 Å². The number of nitrogens with one attached hydrogen (secondary N) is 1. The molecule has 8 nitrogen and oxygen atoms in total. The molecule has 32 heavy (non-hydrogen) atoms. The first kappa shape index (κ1) is 23.9. The summed E-state index contributed by atoms with van der Waals surface area (Å²) < 4.78 is 21.3. The lowest BCUT2D eigenvalue weighted by molar-refractivity contribution is 0.0526. The zero-order chi connectivity index (χ0) is 23.4. The smallest absolute Gasteiger partial charge is 0.341 e. The number of thiophene rings is 1. The second-order valence-electron chi connectivity index (χ2n) is 7.61. The number of carbonyl (C=O) groups excluding carboxylic acids is 2. The topological polar surface area (TPSA) is 86.3 Å². The van der Waals surface area contributed by atoms with Gasteiger partial charge in [-0.05, 0) is 44.9 Å². The largest absolute Gasteiger partial charge is 0.493 e. The van der Waals surface area contributed by atoms with Gasteiger partial charge in [-0.25, -0.2) is 4.79 Å². The summed E-state index contributed by atoms with van der Waals surface area (Å²) in [5.74, 6) is 0.359. The molecule has 0 bridgehead atoms. The Balaban J connectivity index is 1.98. The number of hydrogen-bond acceptors (Lipinski definition) is 8. The second kappa shape index (κ2) is 10.2. The molecule has 1 aromatic heterocycles. The summed E-state index contributed by atoms with van der Waals surface area (Å²) >= 11 is 1.43. The van der Waals surface area contributed by atoms with Crippen LogP contribution >= 0.6 is 11.3 Å². The number of methoxy groups -OCH3 is 3. The Kier molecular flexibility index (Phi) is 7.63. The normalized spacial score (nSPS) is 13.5. The third-order valence-electron chi connectivity index (χ3n) is 5.45. The molecule has 0 unspecified atom stereocenters.